The second-order valence-corrected chi connectivity index (χ2v) is 5.33. The van der Waals surface area contributed by atoms with Gasteiger partial charge in [0.15, 0.2) is 0 Å². The van der Waals surface area contributed by atoms with Gasteiger partial charge in [-0.3, -0.25) is 9.36 Å². The summed E-state index contributed by atoms with van der Waals surface area (Å²) in [6.45, 7) is 6.06. The van der Waals surface area contributed by atoms with Gasteiger partial charge in [0.25, 0.3) is 0 Å². The zero-order valence-electron chi connectivity index (χ0n) is 10.7. The van der Waals surface area contributed by atoms with Crippen LogP contribution in [0.1, 0.15) is 20.3 Å². The summed E-state index contributed by atoms with van der Waals surface area (Å²) in [5, 5.41) is 12.0. The lowest BCUT2D eigenvalue weighted by Gasteiger charge is -2.13. The van der Waals surface area contributed by atoms with Gasteiger partial charge < -0.3 is 5.32 Å². The molecule has 1 atom stereocenters. The standard InChI is InChI=1S/C12H18BrN5/c1-3-4-17-9-12(6-15-17)16-10(2)7-18-8-11(13)5-14-18/h5-6,8-10,16H,3-4,7H2,1-2H3. The van der Waals surface area contributed by atoms with Gasteiger partial charge in [-0.25, -0.2) is 0 Å². The first-order valence-corrected chi connectivity index (χ1v) is 6.93. The van der Waals surface area contributed by atoms with Gasteiger partial charge in [0.05, 0.1) is 29.1 Å². The van der Waals surface area contributed by atoms with Crippen LogP contribution in [0.25, 0.3) is 0 Å². The summed E-state index contributed by atoms with van der Waals surface area (Å²) in [7, 11) is 0. The maximum Gasteiger partial charge on any atom is 0.0729 e. The highest BCUT2D eigenvalue weighted by Gasteiger charge is 2.06. The Balaban J connectivity index is 1.88. The predicted molar refractivity (Wildman–Crippen MR) is 75.5 cm³/mol. The van der Waals surface area contributed by atoms with Gasteiger partial charge in [0, 0.05) is 25.0 Å². The number of nitrogens with one attached hydrogen (secondary N) is 1. The van der Waals surface area contributed by atoms with Crippen LogP contribution in [-0.4, -0.2) is 25.6 Å². The van der Waals surface area contributed by atoms with Crippen molar-refractivity contribution in [2.24, 2.45) is 0 Å². The number of anilines is 1. The van der Waals surface area contributed by atoms with Gasteiger partial charge >= 0.3 is 0 Å². The van der Waals surface area contributed by atoms with E-state index in [0.29, 0.717) is 6.04 Å². The summed E-state index contributed by atoms with van der Waals surface area (Å²) in [6.07, 6.45) is 8.77. The molecule has 5 nitrogen and oxygen atoms in total. The molecule has 0 fully saturated rings. The van der Waals surface area contributed by atoms with Crippen LogP contribution in [0.3, 0.4) is 0 Å². The average molecular weight is 312 g/mol. The maximum atomic E-state index is 4.29. The molecule has 1 unspecified atom stereocenters. The zero-order chi connectivity index (χ0) is 13.0. The molecule has 98 valence electrons. The minimum absolute atomic E-state index is 0.302. The molecule has 0 aliphatic heterocycles. The first kappa shape index (κ1) is 13.1. The average Bonchev–Trinajstić information content (AvgIpc) is 2.89. The van der Waals surface area contributed by atoms with E-state index in [4.69, 9.17) is 0 Å². The molecule has 18 heavy (non-hydrogen) atoms. The van der Waals surface area contributed by atoms with E-state index in [1.54, 1.807) is 6.20 Å². The Hall–Kier alpha value is -1.30. The Labute approximate surface area is 115 Å². The van der Waals surface area contributed by atoms with Crippen molar-refractivity contribution in [1.82, 2.24) is 19.6 Å². The number of halogens is 1. The highest BCUT2D eigenvalue weighted by molar-refractivity contribution is 9.10. The molecule has 0 radical (unpaired) electrons. The van der Waals surface area contributed by atoms with E-state index in [1.807, 2.05) is 28.0 Å². The lowest BCUT2D eigenvalue weighted by atomic mass is 10.3. The van der Waals surface area contributed by atoms with Gasteiger partial charge in [-0.05, 0) is 29.3 Å². The van der Waals surface area contributed by atoms with E-state index >= 15 is 0 Å². The van der Waals surface area contributed by atoms with Crippen molar-refractivity contribution in [2.75, 3.05) is 5.32 Å². The predicted octanol–water partition coefficient (Wildman–Crippen LogP) is 2.75. The fraction of sp³-hybridized carbons (Fsp3) is 0.500. The molecule has 0 spiro atoms. The van der Waals surface area contributed by atoms with Crippen LogP contribution in [-0.2, 0) is 13.1 Å². The second kappa shape index (κ2) is 6.04. The van der Waals surface area contributed by atoms with E-state index in [-0.39, 0.29) is 0 Å². The van der Waals surface area contributed by atoms with Crippen molar-refractivity contribution in [3.63, 3.8) is 0 Å². The Morgan fingerprint density at radius 3 is 2.72 bits per heavy atom. The molecule has 0 saturated heterocycles. The van der Waals surface area contributed by atoms with Crippen molar-refractivity contribution in [1.29, 1.82) is 0 Å². The Morgan fingerprint density at radius 1 is 1.28 bits per heavy atom. The van der Waals surface area contributed by atoms with Crippen LogP contribution in [0.4, 0.5) is 5.69 Å². The summed E-state index contributed by atoms with van der Waals surface area (Å²) in [6, 6.07) is 0.302. The fourth-order valence-electron chi connectivity index (χ4n) is 1.84. The lowest BCUT2D eigenvalue weighted by Crippen LogP contribution is -2.21. The summed E-state index contributed by atoms with van der Waals surface area (Å²) in [5.41, 5.74) is 1.06. The molecule has 1 N–H and O–H groups in total. The normalized spacial score (nSPS) is 12.6. The molecule has 2 aromatic heterocycles. The second-order valence-electron chi connectivity index (χ2n) is 4.42. The molecule has 0 amide bonds. The van der Waals surface area contributed by atoms with Gasteiger partial charge in [-0.2, -0.15) is 10.2 Å². The summed E-state index contributed by atoms with van der Waals surface area (Å²) < 4.78 is 4.88. The van der Waals surface area contributed by atoms with E-state index in [9.17, 15) is 0 Å². The van der Waals surface area contributed by atoms with Crippen LogP contribution in [0, 0.1) is 0 Å². The first-order chi connectivity index (χ1) is 8.67. The molecule has 2 aromatic rings. The van der Waals surface area contributed by atoms with E-state index in [0.717, 1.165) is 29.7 Å². The van der Waals surface area contributed by atoms with Crippen LogP contribution in [0.15, 0.2) is 29.3 Å². The third-order valence-electron chi connectivity index (χ3n) is 2.56. The van der Waals surface area contributed by atoms with E-state index in [2.05, 4.69) is 45.3 Å². The van der Waals surface area contributed by atoms with E-state index in [1.165, 1.54) is 0 Å². The molecule has 2 rings (SSSR count). The fourth-order valence-corrected chi connectivity index (χ4v) is 2.17. The lowest BCUT2D eigenvalue weighted by molar-refractivity contribution is 0.560. The van der Waals surface area contributed by atoms with Crippen LogP contribution >= 0.6 is 15.9 Å². The third-order valence-corrected chi connectivity index (χ3v) is 2.97. The Kier molecular flexibility index (Phi) is 4.41. The Morgan fingerprint density at radius 2 is 2.06 bits per heavy atom. The van der Waals surface area contributed by atoms with Crippen LogP contribution < -0.4 is 5.32 Å². The van der Waals surface area contributed by atoms with Crippen molar-refractivity contribution < 1.29 is 0 Å². The van der Waals surface area contributed by atoms with Gasteiger partial charge in [-0.15, -0.1) is 0 Å². The molecule has 0 aromatic carbocycles. The maximum absolute atomic E-state index is 4.29. The molecule has 0 aliphatic carbocycles. The quantitative estimate of drug-likeness (QED) is 0.892. The number of aryl methyl sites for hydroxylation is 1. The van der Waals surface area contributed by atoms with Gasteiger partial charge in [-0.1, -0.05) is 6.92 Å². The SMILES string of the molecule is CCCn1cc(NC(C)Cn2cc(Br)cn2)cn1. The minimum Gasteiger partial charge on any atom is -0.378 e. The van der Waals surface area contributed by atoms with Crippen LogP contribution in [0.2, 0.25) is 0 Å². The van der Waals surface area contributed by atoms with Crippen molar-refractivity contribution in [3.05, 3.63) is 29.3 Å². The van der Waals surface area contributed by atoms with Crippen molar-refractivity contribution in [3.8, 4) is 0 Å². The molecular weight excluding hydrogens is 294 g/mol. The molecule has 0 aliphatic rings. The zero-order valence-corrected chi connectivity index (χ0v) is 12.3. The highest BCUT2D eigenvalue weighted by Crippen LogP contribution is 2.10. The molecule has 6 heteroatoms. The van der Waals surface area contributed by atoms with Crippen molar-refractivity contribution in [2.45, 2.75) is 39.4 Å². The summed E-state index contributed by atoms with van der Waals surface area (Å²) in [4.78, 5) is 0. The topological polar surface area (TPSA) is 47.7 Å². The molecule has 0 saturated carbocycles. The molecule has 0 bridgehead atoms. The highest BCUT2D eigenvalue weighted by atomic mass is 79.9. The van der Waals surface area contributed by atoms with Gasteiger partial charge in [0.1, 0.15) is 0 Å². The number of hydrogen-bond acceptors (Lipinski definition) is 3. The third kappa shape index (κ3) is 3.60. The minimum atomic E-state index is 0.302. The van der Waals surface area contributed by atoms with Gasteiger partial charge in [0.2, 0.25) is 0 Å². The molecular formula is C12H18BrN5. The first-order valence-electron chi connectivity index (χ1n) is 6.14. The smallest absolute Gasteiger partial charge is 0.0729 e. The van der Waals surface area contributed by atoms with Crippen molar-refractivity contribution >= 4 is 21.6 Å². The summed E-state index contributed by atoms with van der Waals surface area (Å²) in [5.74, 6) is 0. The van der Waals surface area contributed by atoms with E-state index < -0.39 is 0 Å². The Bertz CT molecular complexity index is 490. The monoisotopic (exact) mass is 311 g/mol. The molecule has 2 heterocycles. The summed E-state index contributed by atoms with van der Waals surface area (Å²) >= 11 is 3.39. The largest absolute Gasteiger partial charge is 0.378 e. The number of hydrogen-bond donors (Lipinski definition) is 1. The number of rotatable bonds is 6. The van der Waals surface area contributed by atoms with Crippen LogP contribution in [0.5, 0.6) is 0 Å². The number of aromatic nitrogens is 4. The number of nitrogens with zero attached hydrogens (tertiary/aromatic N) is 4.